The molecule has 0 bridgehead atoms. The van der Waals surface area contributed by atoms with Crippen molar-refractivity contribution in [2.75, 3.05) is 26.9 Å². The van der Waals surface area contributed by atoms with Crippen LogP contribution in [0.2, 0.25) is 0 Å². The summed E-state index contributed by atoms with van der Waals surface area (Å²) in [5.74, 6) is -0.981. The van der Waals surface area contributed by atoms with E-state index in [-0.39, 0.29) is 5.41 Å². The summed E-state index contributed by atoms with van der Waals surface area (Å²) in [4.78, 5) is 9.25. The standard InChI is InChI=1S/C8H18O2.C3H4O2/c1-8(2,3)7-10-6-5-9-4;1-2-3(4)5/h5-7H2,1-4H3;2H,1H2,(H,4,5). The first-order valence-electron chi connectivity index (χ1n) is 4.75. The average Bonchev–Trinajstić information content (AvgIpc) is 2.12. The summed E-state index contributed by atoms with van der Waals surface area (Å²) in [6.45, 7) is 11.6. The van der Waals surface area contributed by atoms with Gasteiger partial charge in [0, 0.05) is 13.2 Å². The SMILES string of the molecule is C=CC(=O)O.COCCOCC(C)(C)C. The topological polar surface area (TPSA) is 55.8 Å². The molecule has 4 heteroatoms. The smallest absolute Gasteiger partial charge is 0.327 e. The van der Waals surface area contributed by atoms with Crippen molar-refractivity contribution in [2.45, 2.75) is 20.8 Å². The third-order valence-electron chi connectivity index (χ3n) is 1.14. The van der Waals surface area contributed by atoms with Crippen LogP contribution in [0.1, 0.15) is 20.8 Å². The number of carbonyl (C=O) groups is 1. The molecule has 0 aliphatic rings. The van der Waals surface area contributed by atoms with E-state index in [0.717, 1.165) is 12.7 Å². The molecule has 0 rings (SSSR count). The molecule has 15 heavy (non-hydrogen) atoms. The van der Waals surface area contributed by atoms with E-state index in [4.69, 9.17) is 14.6 Å². The van der Waals surface area contributed by atoms with Crippen molar-refractivity contribution in [3.8, 4) is 0 Å². The van der Waals surface area contributed by atoms with Crippen LogP contribution < -0.4 is 0 Å². The molecule has 0 aliphatic heterocycles. The zero-order valence-corrected chi connectivity index (χ0v) is 10.1. The van der Waals surface area contributed by atoms with Gasteiger partial charge in [-0.2, -0.15) is 0 Å². The van der Waals surface area contributed by atoms with Crippen molar-refractivity contribution in [3.05, 3.63) is 12.7 Å². The van der Waals surface area contributed by atoms with Crippen LogP contribution >= 0.6 is 0 Å². The summed E-state index contributed by atoms with van der Waals surface area (Å²) in [5, 5.41) is 7.60. The molecule has 0 amide bonds. The zero-order valence-electron chi connectivity index (χ0n) is 10.1. The molecule has 0 radical (unpaired) electrons. The van der Waals surface area contributed by atoms with Gasteiger partial charge in [0.05, 0.1) is 19.8 Å². The lowest BCUT2D eigenvalue weighted by Gasteiger charge is -2.17. The second kappa shape index (κ2) is 9.68. The Morgan fingerprint density at radius 3 is 2.13 bits per heavy atom. The molecule has 0 saturated heterocycles. The van der Waals surface area contributed by atoms with E-state index in [9.17, 15) is 4.79 Å². The highest BCUT2D eigenvalue weighted by Gasteiger charge is 2.08. The number of hydrogen-bond acceptors (Lipinski definition) is 3. The largest absolute Gasteiger partial charge is 0.478 e. The maximum atomic E-state index is 9.25. The zero-order chi connectivity index (χ0) is 12.3. The van der Waals surface area contributed by atoms with E-state index < -0.39 is 5.97 Å². The van der Waals surface area contributed by atoms with E-state index in [0.29, 0.717) is 13.2 Å². The normalized spacial score (nSPS) is 10.1. The van der Waals surface area contributed by atoms with Crippen LogP contribution in [-0.4, -0.2) is 38.0 Å². The van der Waals surface area contributed by atoms with Gasteiger partial charge < -0.3 is 14.6 Å². The number of hydrogen-bond donors (Lipinski definition) is 1. The monoisotopic (exact) mass is 218 g/mol. The van der Waals surface area contributed by atoms with Gasteiger partial charge in [-0.15, -0.1) is 0 Å². The Morgan fingerprint density at radius 1 is 1.40 bits per heavy atom. The quantitative estimate of drug-likeness (QED) is 0.566. The van der Waals surface area contributed by atoms with Crippen LogP contribution in [0, 0.1) is 5.41 Å². The third kappa shape index (κ3) is 24.6. The van der Waals surface area contributed by atoms with E-state index in [1.807, 2.05) is 0 Å². The fourth-order valence-corrected chi connectivity index (χ4v) is 0.521. The molecule has 0 spiro atoms. The van der Waals surface area contributed by atoms with Crippen LogP contribution in [-0.2, 0) is 14.3 Å². The van der Waals surface area contributed by atoms with Crippen molar-refractivity contribution >= 4 is 5.97 Å². The number of ether oxygens (including phenoxy) is 2. The summed E-state index contributed by atoms with van der Waals surface area (Å²) in [5.41, 5.74) is 0.272. The minimum Gasteiger partial charge on any atom is -0.478 e. The molecule has 0 saturated carbocycles. The first kappa shape index (κ1) is 16.6. The second-order valence-electron chi connectivity index (χ2n) is 4.15. The van der Waals surface area contributed by atoms with Crippen LogP contribution in [0.15, 0.2) is 12.7 Å². The highest BCUT2D eigenvalue weighted by Crippen LogP contribution is 2.12. The molecular formula is C11H22O4. The first-order valence-corrected chi connectivity index (χ1v) is 4.75. The Morgan fingerprint density at radius 2 is 1.87 bits per heavy atom. The van der Waals surface area contributed by atoms with Crippen LogP contribution in [0.3, 0.4) is 0 Å². The number of carboxylic acid groups (broad SMARTS) is 1. The lowest BCUT2D eigenvalue weighted by atomic mass is 9.99. The van der Waals surface area contributed by atoms with Crippen LogP contribution in [0.5, 0.6) is 0 Å². The van der Waals surface area contributed by atoms with Crippen molar-refractivity contribution in [3.63, 3.8) is 0 Å². The Balaban J connectivity index is 0. The van der Waals surface area contributed by atoms with Crippen molar-refractivity contribution in [1.29, 1.82) is 0 Å². The highest BCUT2D eigenvalue weighted by molar-refractivity contribution is 5.78. The van der Waals surface area contributed by atoms with E-state index in [2.05, 4.69) is 27.4 Å². The number of aliphatic carboxylic acids is 1. The van der Waals surface area contributed by atoms with Gasteiger partial charge in [-0.05, 0) is 5.41 Å². The maximum absolute atomic E-state index is 9.25. The number of rotatable bonds is 5. The molecule has 90 valence electrons. The molecule has 0 heterocycles. The predicted octanol–water partition coefficient (Wildman–Crippen LogP) is 1.95. The summed E-state index contributed by atoms with van der Waals surface area (Å²) < 4.78 is 10.1. The van der Waals surface area contributed by atoms with Crippen LogP contribution in [0.4, 0.5) is 0 Å². The highest BCUT2D eigenvalue weighted by atomic mass is 16.5. The van der Waals surface area contributed by atoms with Gasteiger partial charge in [0.25, 0.3) is 0 Å². The van der Waals surface area contributed by atoms with Crippen molar-refractivity contribution < 1.29 is 19.4 Å². The average molecular weight is 218 g/mol. The molecule has 0 aliphatic carbocycles. The molecule has 0 aromatic rings. The van der Waals surface area contributed by atoms with Gasteiger partial charge in [-0.1, -0.05) is 27.4 Å². The third-order valence-corrected chi connectivity index (χ3v) is 1.14. The Labute approximate surface area is 91.9 Å². The Bertz CT molecular complexity index is 170. The Kier molecular flexibility index (Phi) is 10.7. The summed E-state index contributed by atoms with van der Waals surface area (Å²) in [6, 6.07) is 0. The fourth-order valence-electron chi connectivity index (χ4n) is 0.521. The fraction of sp³-hybridized carbons (Fsp3) is 0.727. The minimum absolute atomic E-state index is 0.272. The Hall–Kier alpha value is -0.870. The van der Waals surface area contributed by atoms with Gasteiger partial charge >= 0.3 is 5.97 Å². The molecule has 0 aromatic heterocycles. The maximum Gasteiger partial charge on any atom is 0.327 e. The van der Waals surface area contributed by atoms with Gasteiger partial charge in [0.15, 0.2) is 0 Å². The summed E-state index contributed by atoms with van der Waals surface area (Å²) in [6.07, 6.45) is 0.833. The van der Waals surface area contributed by atoms with Gasteiger partial charge in [0.1, 0.15) is 0 Å². The van der Waals surface area contributed by atoms with Gasteiger partial charge in [-0.25, -0.2) is 4.79 Å². The molecule has 4 nitrogen and oxygen atoms in total. The molecule has 0 fully saturated rings. The minimum atomic E-state index is -0.981. The van der Waals surface area contributed by atoms with Crippen molar-refractivity contribution in [1.82, 2.24) is 0 Å². The summed E-state index contributed by atoms with van der Waals surface area (Å²) in [7, 11) is 1.68. The van der Waals surface area contributed by atoms with E-state index >= 15 is 0 Å². The van der Waals surface area contributed by atoms with Gasteiger partial charge in [-0.3, -0.25) is 0 Å². The van der Waals surface area contributed by atoms with E-state index in [1.165, 1.54) is 0 Å². The summed E-state index contributed by atoms with van der Waals surface area (Å²) >= 11 is 0. The van der Waals surface area contributed by atoms with Crippen molar-refractivity contribution in [2.24, 2.45) is 5.41 Å². The first-order chi connectivity index (χ1) is 6.83. The van der Waals surface area contributed by atoms with E-state index in [1.54, 1.807) is 7.11 Å². The molecule has 0 atom stereocenters. The second-order valence-corrected chi connectivity index (χ2v) is 4.15. The molecular weight excluding hydrogens is 196 g/mol. The number of methoxy groups -OCH3 is 1. The molecule has 0 aromatic carbocycles. The predicted molar refractivity (Wildman–Crippen MR) is 60.0 cm³/mol. The molecule has 0 unspecified atom stereocenters. The van der Waals surface area contributed by atoms with Gasteiger partial charge in [0.2, 0.25) is 0 Å². The number of carboxylic acids is 1. The lowest BCUT2D eigenvalue weighted by Crippen LogP contribution is -2.16. The molecule has 1 N–H and O–H groups in total. The lowest BCUT2D eigenvalue weighted by molar-refractivity contribution is -0.131. The van der Waals surface area contributed by atoms with Crippen LogP contribution in [0.25, 0.3) is 0 Å².